The number of anilines is 1. The highest BCUT2D eigenvalue weighted by Gasteiger charge is 2.17. The lowest BCUT2D eigenvalue weighted by Crippen LogP contribution is -2.35. The second-order valence-electron chi connectivity index (χ2n) is 5.04. The summed E-state index contributed by atoms with van der Waals surface area (Å²) < 4.78 is 13.6. The molecule has 1 aromatic rings. The van der Waals surface area contributed by atoms with Crippen LogP contribution in [0.5, 0.6) is 0 Å². The molecular weight excluding hydrogens is 217 g/mol. The van der Waals surface area contributed by atoms with Gasteiger partial charge in [-0.25, -0.2) is 4.39 Å². The van der Waals surface area contributed by atoms with E-state index in [2.05, 4.69) is 32.6 Å². The fourth-order valence-electron chi connectivity index (χ4n) is 1.95. The maximum absolute atomic E-state index is 13.6. The van der Waals surface area contributed by atoms with Crippen molar-refractivity contribution in [3.05, 3.63) is 29.6 Å². The van der Waals surface area contributed by atoms with Crippen LogP contribution in [0.4, 0.5) is 10.1 Å². The van der Waals surface area contributed by atoms with E-state index in [4.69, 9.17) is 0 Å². The van der Waals surface area contributed by atoms with E-state index in [9.17, 15) is 9.50 Å². The third-order valence-corrected chi connectivity index (χ3v) is 2.75. The van der Waals surface area contributed by atoms with Crippen molar-refractivity contribution in [3.63, 3.8) is 0 Å². The summed E-state index contributed by atoms with van der Waals surface area (Å²) in [7, 11) is 0. The Balaban J connectivity index is 3.13. The highest BCUT2D eigenvalue weighted by Crippen LogP contribution is 2.26. The Hall–Kier alpha value is -1.09. The quantitative estimate of drug-likeness (QED) is 0.853. The predicted molar refractivity (Wildman–Crippen MR) is 69.6 cm³/mol. The zero-order valence-electron chi connectivity index (χ0n) is 11.1. The van der Waals surface area contributed by atoms with E-state index >= 15 is 0 Å². The molecule has 0 fully saturated rings. The Morgan fingerprint density at radius 2 is 1.88 bits per heavy atom. The van der Waals surface area contributed by atoms with Gasteiger partial charge in [-0.1, -0.05) is 19.9 Å². The minimum atomic E-state index is -0.334. The van der Waals surface area contributed by atoms with Crippen LogP contribution >= 0.6 is 0 Å². The van der Waals surface area contributed by atoms with Crippen LogP contribution in [-0.4, -0.2) is 17.7 Å². The van der Waals surface area contributed by atoms with Crippen LogP contribution in [0.15, 0.2) is 18.2 Å². The number of hydrogen-bond acceptors (Lipinski definition) is 2. The molecule has 0 heterocycles. The van der Waals surface area contributed by atoms with E-state index in [1.807, 2.05) is 6.07 Å². The normalized spacial score (nSPS) is 11.3. The monoisotopic (exact) mass is 239 g/mol. The van der Waals surface area contributed by atoms with Gasteiger partial charge in [-0.3, -0.25) is 0 Å². The van der Waals surface area contributed by atoms with Gasteiger partial charge >= 0.3 is 0 Å². The Labute approximate surface area is 103 Å². The molecule has 1 rings (SSSR count). The topological polar surface area (TPSA) is 23.5 Å². The van der Waals surface area contributed by atoms with E-state index in [-0.39, 0.29) is 18.5 Å². The van der Waals surface area contributed by atoms with Crippen molar-refractivity contribution in [1.29, 1.82) is 0 Å². The summed E-state index contributed by atoms with van der Waals surface area (Å²) in [6, 6.07) is 5.24. The molecule has 0 aromatic heterocycles. The third kappa shape index (κ3) is 3.43. The van der Waals surface area contributed by atoms with E-state index in [0.717, 1.165) is 12.2 Å². The number of benzene rings is 1. The lowest BCUT2D eigenvalue weighted by atomic mass is 10.1. The molecule has 1 N–H and O–H groups in total. The van der Waals surface area contributed by atoms with E-state index < -0.39 is 0 Å². The fraction of sp³-hybridized carbons (Fsp3) is 0.571. The first kappa shape index (κ1) is 14.0. The summed E-state index contributed by atoms with van der Waals surface area (Å²) in [5.74, 6) is 0.159. The molecule has 0 aliphatic heterocycles. The summed E-state index contributed by atoms with van der Waals surface area (Å²) in [6.07, 6.45) is 0. The summed E-state index contributed by atoms with van der Waals surface area (Å²) in [5.41, 5.74) is 1.19. The van der Waals surface area contributed by atoms with Crippen LogP contribution in [0.25, 0.3) is 0 Å². The minimum absolute atomic E-state index is 0.261. The molecule has 0 saturated carbocycles. The Bertz CT molecular complexity index is 363. The number of nitrogens with zero attached hydrogens (tertiary/aromatic N) is 1. The van der Waals surface area contributed by atoms with Crippen LogP contribution in [-0.2, 0) is 6.61 Å². The maximum atomic E-state index is 13.6. The Morgan fingerprint density at radius 3 is 2.35 bits per heavy atom. The molecular formula is C14H22FNO. The lowest BCUT2D eigenvalue weighted by molar-refractivity contribution is 0.275. The Morgan fingerprint density at radius 1 is 1.24 bits per heavy atom. The molecule has 3 heteroatoms. The molecule has 2 nitrogen and oxygen atoms in total. The fourth-order valence-corrected chi connectivity index (χ4v) is 1.95. The molecule has 96 valence electrons. The number of rotatable bonds is 5. The van der Waals surface area contributed by atoms with Crippen LogP contribution in [0.2, 0.25) is 0 Å². The van der Waals surface area contributed by atoms with Crippen LogP contribution in [0.1, 0.15) is 33.3 Å². The molecule has 0 unspecified atom stereocenters. The van der Waals surface area contributed by atoms with Gasteiger partial charge in [0.2, 0.25) is 0 Å². The van der Waals surface area contributed by atoms with Crippen molar-refractivity contribution in [1.82, 2.24) is 0 Å². The van der Waals surface area contributed by atoms with Gasteiger partial charge in [-0.2, -0.15) is 0 Å². The summed E-state index contributed by atoms with van der Waals surface area (Å²) in [5, 5.41) is 9.30. The van der Waals surface area contributed by atoms with Gasteiger partial charge in [-0.15, -0.1) is 0 Å². The molecule has 0 aliphatic carbocycles. The minimum Gasteiger partial charge on any atom is -0.391 e. The van der Waals surface area contributed by atoms with Gasteiger partial charge in [0.15, 0.2) is 0 Å². The third-order valence-electron chi connectivity index (χ3n) is 2.75. The van der Waals surface area contributed by atoms with Crippen LogP contribution in [0, 0.1) is 11.7 Å². The highest BCUT2D eigenvalue weighted by atomic mass is 19.1. The van der Waals surface area contributed by atoms with Crippen LogP contribution in [0.3, 0.4) is 0 Å². The standard InChI is InChI=1S/C14H22FNO/c1-10(2)8-16(11(3)4)14-7-5-6-13(15)12(14)9-17/h5-7,10-11,17H,8-9H2,1-4H3. The SMILES string of the molecule is CC(C)CN(c1cccc(F)c1CO)C(C)C. The van der Waals surface area contributed by atoms with E-state index in [1.54, 1.807) is 6.07 Å². The zero-order valence-corrected chi connectivity index (χ0v) is 11.1. The Kier molecular flexibility index (Phi) is 4.94. The molecule has 0 saturated heterocycles. The van der Waals surface area contributed by atoms with Gasteiger partial charge in [0.05, 0.1) is 6.61 Å². The average Bonchev–Trinajstić information content (AvgIpc) is 2.25. The number of hydrogen-bond donors (Lipinski definition) is 1. The molecule has 0 aliphatic rings. The maximum Gasteiger partial charge on any atom is 0.130 e. The smallest absolute Gasteiger partial charge is 0.130 e. The van der Waals surface area contributed by atoms with Crippen molar-refractivity contribution >= 4 is 5.69 Å². The summed E-state index contributed by atoms with van der Waals surface area (Å²) >= 11 is 0. The average molecular weight is 239 g/mol. The van der Waals surface area contributed by atoms with Gasteiger partial charge in [0, 0.05) is 23.8 Å². The second kappa shape index (κ2) is 6.01. The van der Waals surface area contributed by atoms with Crippen molar-refractivity contribution < 1.29 is 9.50 Å². The first-order valence-electron chi connectivity index (χ1n) is 6.12. The molecule has 0 atom stereocenters. The molecule has 0 spiro atoms. The lowest BCUT2D eigenvalue weighted by Gasteiger charge is -2.32. The largest absolute Gasteiger partial charge is 0.391 e. The van der Waals surface area contributed by atoms with E-state index in [0.29, 0.717) is 11.5 Å². The molecule has 17 heavy (non-hydrogen) atoms. The molecule has 0 amide bonds. The van der Waals surface area contributed by atoms with Gasteiger partial charge in [0.25, 0.3) is 0 Å². The van der Waals surface area contributed by atoms with Crippen molar-refractivity contribution in [2.45, 2.75) is 40.3 Å². The van der Waals surface area contributed by atoms with Crippen molar-refractivity contribution in [2.75, 3.05) is 11.4 Å². The summed E-state index contributed by atoms with van der Waals surface area (Å²) in [4.78, 5) is 2.14. The first-order valence-corrected chi connectivity index (χ1v) is 6.12. The van der Waals surface area contributed by atoms with Crippen molar-refractivity contribution in [2.24, 2.45) is 5.92 Å². The number of halogens is 1. The van der Waals surface area contributed by atoms with Gasteiger partial charge in [-0.05, 0) is 31.9 Å². The number of aliphatic hydroxyl groups is 1. The zero-order chi connectivity index (χ0) is 13.0. The first-order chi connectivity index (χ1) is 7.97. The van der Waals surface area contributed by atoms with E-state index in [1.165, 1.54) is 6.07 Å². The molecule has 0 bridgehead atoms. The number of aliphatic hydroxyl groups excluding tert-OH is 1. The van der Waals surface area contributed by atoms with Gasteiger partial charge < -0.3 is 10.0 Å². The second-order valence-corrected chi connectivity index (χ2v) is 5.04. The van der Waals surface area contributed by atoms with Gasteiger partial charge in [0.1, 0.15) is 5.82 Å². The van der Waals surface area contributed by atoms with Crippen LogP contribution < -0.4 is 4.90 Å². The molecule has 1 aromatic carbocycles. The highest BCUT2D eigenvalue weighted by molar-refractivity contribution is 5.54. The molecule has 0 radical (unpaired) electrons. The predicted octanol–water partition coefficient (Wildman–Crippen LogP) is 3.19. The van der Waals surface area contributed by atoms with Crippen molar-refractivity contribution in [3.8, 4) is 0 Å². The summed E-state index contributed by atoms with van der Waals surface area (Å²) in [6.45, 7) is 9.01.